The Morgan fingerprint density at radius 3 is 2.64 bits per heavy atom. The van der Waals surface area contributed by atoms with Crippen molar-refractivity contribution in [1.82, 2.24) is 15.5 Å². The summed E-state index contributed by atoms with van der Waals surface area (Å²) in [6.07, 6.45) is 0. The van der Waals surface area contributed by atoms with Crippen molar-refractivity contribution in [2.45, 2.75) is 36.4 Å². The third-order valence-corrected chi connectivity index (χ3v) is 5.53. The highest BCUT2D eigenvalue weighted by Crippen LogP contribution is 2.28. The van der Waals surface area contributed by atoms with Crippen LogP contribution in [-0.4, -0.2) is 21.4 Å². The van der Waals surface area contributed by atoms with E-state index in [1.54, 1.807) is 12.1 Å². The van der Waals surface area contributed by atoms with Crippen LogP contribution in [-0.2, 0) is 4.79 Å². The van der Waals surface area contributed by atoms with Crippen molar-refractivity contribution < 1.29 is 4.79 Å². The van der Waals surface area contributed by atoms with Gasteiger partial charge in [-0.3, -0.25) is 4.79 Å². The molecule has 4 nitrogen and oxygen atoms in total. The van der Waals surface area contributed by atoms with Crippen molar-refractivity contribution in [2.75, 3.05) is 0 Å². The maximum Gasteiger partial charge on any atom is 0.233 e. The summed E-state index contributed by atoms with van der Waals surface area (Å²) in [4.78, 5) is 12.3. The summed E-state index contributed by atoms with van der Waals surface area (Å²) in [6, 6.07) is 5.05. The summed E-state index contributed by atoms with van der Waals surface area (Å²) < 4.78 is 0.789. The first-order chi connectivity index (χ1) is 10.4. The lowest BCUT2D eigenvalue weighted by atomic mass is 10.1. The van der Waals surface area contributed by atoms with Gasteiger partial charge in [-0.25, -0.2) is 0 Å². The first-order valence-electron chi connectivity index (χ1n) is 6.59. The second-order valence-corrected chi connectivity index (χ2v) is 8.36. The summed E-state index contributed by atoms with van der Waals surface area (Å²) in [5, 5.41) is 12.6. The van der Waals surface area contributed by atoms with Gasteiger partial charge in [0.05, 0.1) is 11.3 Å². The normalized spacial score (nSPS) is 13.7. The highest BCUT2D eigenvalue weighted by Gasteiger charge is 2.20. The lowest BCUT2D eigenvalue weighted by Gasteiger charge is -2.18. The standard InChI is InChI=1S/C14H15Cl2N3OS2/c1-7(11-5-4-10(15)6-12(11)16)17-13(20)8(2)21-14-19-18-9(3)22-14/h4-8H,1-3H3,(H,17,20)/t7-,8-/m1/s1. The molecule has 0 fully saturated rings. The number of carbonyl (C=O) groups is 1. The summed E-state index contributed by atoms with van der Waals surface area (Å²) in [6.45, 7) is 5.61. The number of thioether (sulfide) groups is 1. The van der Waals surface area contributed by atoms with Crippen LogP contribution in [0, 0.1) is 6.92 Å². The minimum Gasteiger partial charge on any atom is -0.349 e. The molecule has 0 radical (unpaired) electrons. The Bertz CT molecular complexity index is 678. The first-order valence-corrected chi connectivity index (χ1v) is 9.04. The van der Waals surface area contributed by atoms with E-state index in [0.717, 1.165) is 14.9 Å². The molecule has 1 amide bonds. The highest BCUT2D eigenvalue weighted by molar-refractivity contribution is 8.02. The Balaban J connectivity index is 1.98. The Morgan fingerprint density at radius 1 is 1.32 bits per heavy atom. The van der Waals surface area contributed by atoms with E-state index in [1.165, 1.54) is 23.1 Å². The van der Waals surface area contributed by atoms with Gasteiger partial charge in [0.1, 0.15) is 5.01 Å². The molecule has 0 aliphatic rings. The fraction of sp³-hybridized carbons (Fsp3) is 0.357. The van der Waals surface area contributed by atoms with E-state index in [1.807, 2.05) is 26.8 Å². The quantitative estimate of drug-likeness (QED) is 0.780. The number of benzene rings is 1. The topological polar surface area (TPSA) is 54.9 Å². The monoisotopic (exact) mass is 375 g/mol. The van der Waals surface area contributed by atoms with Gasteiger partial charge in [0.15, 0.2) is 4.34 Å². The molecule has 22 heavy (non-hydrogen) atoms. The molecular formula is C14H15Cl2N3OS2. The number of aromatic nitrogens is 2. The highest BCUT2D eigenvalue weighted by atomic mass is 35.5. The molecule has 0 aliphatic heterocycles. The third kappa shape index (κ3) is 4.59. The molecule has 2 aromatic rings. The van der Waals surface area contributed by atoms with Crippen molar-refractivity contribution in [3.8, 4) is 0 Å². The van der Waals surface area contributed by atoms with Crippen LogP contribution in [0.25, 0.3) is 0 Å². The van der Waals surface area contributed by atoms with Crippen molar-refractivity contribution in [2.24, 2.45) is 0 Å². The minimum atomic E-state index is -0.263. The van der Waals surface area contributed by atoms with Gasteiger partial charge in [0.25, 0.3) is 0 Å². The number of halogens is 2. The van der Waals surface area contributed by atoms with E-state index in [4.69, 9.17) is 23.2 Å². The lowest BCUT2D eigenvalue weighted by Crippen LogP contribution is -2.33. The SMILES string of the molecule is Cc1nnc(S[C@H](C)C(=O)N[C@H](C)c2ccc(Cl)cc2Cl)s1. The summed E-state index contributed by atoms with van der Waals surface area (Å²) in [5.74, 6) is -0.0728. The maximum atomic E-state index is 12.3. The van der Waals surface area contributed by atoms with E-state index >= 15 is 0 Å². The van der Waals surface area contributed by atoms with Crippen LogP contribution in [0.2, 0.25) is 10.0 Å². The predicted octanol–water partition coefficient (Wildman–Crippen LogP) is 4.51. The van der Waals surface area contributed by atoms with Gasteiger partial charge < -0.3 is 5.32 Å². The molecule has 0 saturated heterocycles. The van der Waals surface area contributed by atoms with E-state index in [-0.39, 0.29) is 17.2 Å². The summed E-state index contributed by atoms with van der Waals surface area (Å²) in [5.41, 5.74) is 0.836. The van der Waals surface area contributed by atoms with E-state index in [9.17, 15) is 4.79 Å². The molecule has 1 aromatic heterocycles. The summed E-state index contributed by atoms with van der Waals surface area (Å²) >= 11 is 14.9. The molecule has 8 heteroatoms. The van der Waals surface area contributed by atoms with Gasteiger partial charge in [-0.15, -0.1) is 10.2 Å². The number of carbonyl (C=O) groups excluding carboxylic acids is 1. The molecule has 118 valence electrons. The van der Waals surface area contributed by atoms with Gasteiger partial charge in [-0.05, 0) is 38.5 Å². The smallest absolute Gasteiger partial charge is 0.233 e. The fourth-order valence-corrected chi connectivity index (χ4v) is 4.33. The number of hydrogen-bond donors (Lipinski definition) is 1. The Labute approximate surface area is 147 Å². The molecule has 0 unspecified atom stereocenters. The Morgan fingerprint density at radius 2 is 2.05 bits per heavy atom. The number of amides is 1. The lowest BCUT2D eigenvalue weighted by molar-refractivity contribution is -0.120. The number of nitrogens with one attached hydrogen (secondary N) is 1. The number of nitrogens with zero attached hydrogens (tertiary/aromatic N) is 2. The largest absolute Gasteiger partial charge is 0.349 e. The molecule has 1 N–H and O–H groups in total. The van der Waals surface area contributed by atoms with Gasteiger partial charge >= 0.3 is 0 Å². The molecule has 0 bridgehead atoms. The zero-order valence-electron chi connectivity index (χ0n) is 12.3. The van der Waals surface area contributed by atoms with Gasteiger partial charge in [0, 0.05) is 10.0 Å². The molecule has 2 atom stereocenters. The number of aryl methyl sites for hydroxylation is 1. The average molecular weight is 376 g/mol. The van der Waals surface area contributed by atoms with Crippen molar-refractivity contribution in [3.05, 3.63) is 38.8 Å². The van der Waals surface area contributed by atoms with Crippen molar-refractivity contribution >= 4 is 52.2 Å². The van der Waals surface area contributed by atoms with Crippen LogP contribution in [0.15, 0.2) is 22.5 Å². The molecule has 1 aromatic carbocycles. The van der Waals surface area contributed by atoms with E-state index in [0.29, 0.717) is 10.0 Å². The van der Waals surface area contributed by atoms with Gasteiger partial charge in [-0.1, -0.05) is 52.4 Å². The van der Waals surface area contributed by atoms with E-state index in [2.05, 4.69) is 15.5 Å². The van der Waals surface area contributed by atoms with Crippen LogP contribution in [0.4, 0.5) is 0 Å². The number of hydrogen-bond acceptors (Lipinski definition) is 5. The minimum absolute atomic E-state index is 0.0728. The molecule has 0 spiro atoms. The van der Waals surface area contributed by atoms with Gasteiger partial charge in [-0.2, -0.15) is 0 Å². The van der Waals surface area contributed by atoms with Crippen LogP contribution >= 0.6 is 46.3 Å². The molecule has 1 heterocycles. The van der Waals surface area contributed by atoms with Crippen LogP contribution in [0.3, 0.4) is 0 Å². The Kier molecular flexibility index (Phi) is 6.09. The van der Waals surface area contributed by atoms with E-state index < -0.39 is 0 Å². The maximum absolute atomic E-state index is 12.3. The third-order valence-electron chi connectivity index (χ3n) is 2.94. The van der Waals surface area contributed by atoms with Crippen molar-refractivity contribution in [1.29, 1.82) is 0 Å². The fourth-order valence-electron chi connectivity index (χ4n) is 1.79. The zero-order chi connectivity index (χ0) is 16.3. The van der Waals surface area contributed by atoms with Crippen LogP contribution < -0.4 is 5.32 Å². The second-order valence-electron chi connectivity index (χ2n) is 4.74. The summed E-state index contributed by atoms with van der Waals surface area (Å²) in [7, 11) is 0. The molecule has 0 aliphatic carbocycles. The molecular weight excluding hydrogens is 361 g/mol. The zero-order valence-corrected chi connectivity index (χ0v) is 15.4. The number of rotatable bonds is 5. The molecule has 2 rings (SSSR count). The predicted molar refractivity (Wildman–Crippen MR) is 93.0 cm³/mol. The molecule has 0 saturated carbocycles. The second kappa shape index (κ2) is 7.64. The Hall–Kier alpha value is -0.820. The van der Waals surface area contributed by atoms with Crippen molar-refractivity contribution in [3.63, 3.8) is 0 Å². The van der Waals surface area contributed by atoms with Gasteiger partial charge in [0.2, 0.25) is 5.91 Å². The van der Waals surface area contributed by atoms with Crippen LogP contribution in [0.5, 0.6) is 0 Å². The first kappa shape index (κ1) is 17.5. The van der Waals surface area contributed by atoms with Crippen LogP contribution in [0.1, 0.15) is 30.5 Å². The average Bonchev–Trinajstić information content (AvgIpc) is 2.83.